The van der Waals surface area contributed by atoms with Crippen molar-refractivity contribution in [2.24, 2.45) is 11.5 Å². The predicted octanol–water partition coefficient (Wildman–Crippen LogP) is 2.23. The molecule has 0 spiro atoms. The molecule has 3 heterocycles. The molecule has 0 aliphatic heterocycles. The highest BCUT2D eigenvalue weighted by Gasteiger charge is 2.21. The Morgan fingerprint density at radius 3 is 2.73 bits per heavy atom. The van der Waals surface area contributed by atoms with Crippen molar-refractivity contribution < 1.29 is 14.0 Å². The topological polar surface area (TPSA) is 165 Å². The summed E-state index contributed by atoms with van der Waals surface area (Å²) in [5, 5.41) is 6.59. The van der Waals surface area contributed by atoms with Crippen LogP contribution in [0.1, 0.15) is 22.5 Å². The van der Waals surface area contributed by atoms with E-state index in [1.165, 1.54) is 6.33 Å². The molecular formula is C22H21FN8O2. The van der Waals surface area contributed by atoms with Crippen molar-refractivity contribution >= 4 is 40.0 Å². The number of H-pyrrole nitrogens is 1. The summed E-state index contributed by atoms with van der Waals surface area (Å²) in [4.78, 5) is 39.2. The third-order valence-electron chi connectivity index (χ3n) is 5.02. The number of hydrogen-bond donors (Lipinski definition) is 5. The number of carbonyl (C=O) groups is 2. The SMILES string of the molecule is NC(=O)c1cc(F)c(N[C@H](CCc2cnc[nH]2)C(N)=O)nc1Nc1ccc2ncccc2c1. The Morgan fingerprint density at radius 1 is 1.15 bits per heavy atom. The molecule has 0 aliphatic carbocycles. The first-order valence-electron chi connectivity index (χ1n) is 10.1. The van der Waals surface area contributed by atoms with Gasteiger partial charge in [-0.3, -0.25) is 14.6 Å². The molecule has 2 amide bonds. The van der Waals surface area contributed by atoms with Gasteiger partial charge in [0.25, 0.3) is 5.91 Å². The number of nitrogens with two attached hydrogens (primary N) is 2. The van der Waals surface area contributed by atoms with Crippen LogP contribution >= 0.6 is 0 Å². The third-order valence-corrected chi connectivity index (χ3v) is 5.02. The Kier molecular flexibility index (Phi) is 6.11. The summed E-state index contributed by atoms with van der Waals surface area (Å²) in [5.74, 6) is -2.58. The van der Waals surface area contributed by atoms with E-state index >= 15 is 0 Å². The summed E-state index contributed by atoms with van der Waals surface area (Å²) in [7, 11) is 0. The second kappa shape index (κ2) is 9.30. The molecule has 0 saturated heterocycles. The Bertz CT molecular complexity index is 1310. The van der Waals surface area contributed by atoms with Crippen molar-refractivity contribution in [3.05, 3.63) is 72.2 Å². The molecule has 0 bridgehead atoms. The standard InChI is InChI=1S/C22H21FN8O2/c23-16-9-15(19(24)32)21(29-13-3-5-17-12(8-13)2-1-7-27-17)31-22(16)30-18(20(25)33)6-4-14-10-26-11-28-14/h1-3,5,7-11,18H,4,6H2,(H2,24,32)(H2,25,33)(H,26,28)(H2,29,30,31)/t18-/m1/s1. The van der Waals surface area contributed by atoms with Crippen LogP contribution in [-0.4, -0.2) is 37.8 Å². The highest BCUT2D eigenvalue weighted by atomic mass is 19.1. The van der Waals surface area contributed by atoms with Crippen LogP contribution in [0.4, 0.5) is 21.7 Å². The van der Waals surface area contributed by atoms with Crippen LogP contribution in [0.5, 0.6) is 0 Å². The molecule has 10 nitrogen and oxygen atoms in total. The first-order valence-corrected chi connectivity index (χ1v) is 10.1. The fourth-order valence-electron chi connectivity index (χ4n) is 3.34. The fourth-order valence-corrected chi connectivity index (χ4v) is 3.34. The van der Waals surface area contributed by atoms with Crippen LogP contribution in [0.3, 0.4) is 0 Å². The van der Waals surface area contributed by atoms with Crippen molar-refractivity contribution in [2.75, 3.05) is 10.6 Å². The Balaban J connectivity index is 1.62. The number of pyridine rings is 2. The maximum Gasteiger partial charge on any atom is 0.252 e. The number of nitrogens with one attached hydrogen (secondary N) is 3. The van der Waals surface area contributed by atoms with E-state index in [0.29, 0.717) is 12.1 Å². The number of hydrogen-bond acceptors (Lipinski definition) is 7. The highest BCUT2D eigenvalue weighted by molar-refractivity contribution is 5.99. The molecule has 7 N–H and O–H groups in total. The number of amides is 2. The van der Waals surface area contributed by atoms with Crippen LogP contribution < -0.4 is 22.1 Å². The summed E-state index contributed by atoms with van der Waals surface area (Å²) in [6.07, 6.45) is 5.56. The zero-order chi connectivity index (χ0) is 23.4. The number of rotatable bonds is 9. The van der Waals surface area contributed by atoms with Gasteiger partial charge in [0.2, 0.25) is 5.91 Å². The molecule has 0 unspecified atom stereocenters. The van der Waals surface area contributed by atoms with Gasteiger partial charge in [-0.05, 0) is 43.2 Å². The maximum absolute atomic E-state index is 14.7. The van der Waals surface area contributed by atoms with Crippen LogP contribution in [0.25, 0.3) is 10.9 Å². The average molecular weight is 448 g/mol. The van der Waals surface area contributed by atoms with Crippen LogP contribution in [0.2, 0.25) is 0 Å². The highest BCUT2D eigenvalue weighted by Crippen LogP contribution is 2.26. The number of aryl methyl sites for hydroxylation is 1. The zero-order valence-electron chi connectivity index (χ0n) is 17.4. The van der Waals surface area contributed by atoms with Gasteiger partial charge in [0.1, 0.15) is 11.9 Å². The first kappa shape index (κ1) is 21.7. The number of benzene rings is 1. The lowest BCUT2D eigenvalue weighted by Gasteiger charge is -2.18. The zero-order valence-corrected chi connectivity index (χ0v) is 17.4. The number of aromatic nitrogens is 4. The van der Waals surface area contributed by atoms with Gasteiger partial charge in [-0.2, -0.15) is 0 Å². The lowest BCUT2D eigenvalue weighted by Crippen LogP contribution is -2.36. The number of nitrogens with zero attached hydrogens (tertiary/aromatic N) is 3. The summed E-state index contributed by atoms with van der Waals surface area (Å²) < 4.78 is 14.7. The molecule has 3 aromatic heterocycles. The van der Waals surface area contributed by atoms with Crippen molar-refractivity contribution in [1.29, 1.82) is 0 Å². The van der Waals surface area contributed by atoms with E-state index in [4.69, 9.17) is 11.5 Å². The minimum Gasteiger partial charge on any atom is -0.368 e. The largest absolute Gasteiger partial charge is 0.368 e. The second-order valence-corrected chi connectivity index (χ2v) is 7.33. The van der Waals surface area contributed by atoms with Crippen LogP contribution in [-0.2, 0) is 11.2 Å². The predicted molar refractivity (Wildman–Crippen MR) is 121 cm³/mol. The Hall–Kier alpha value is -4.54. The molecule has 0 radical (unpaired) electrons. The van der Waals surface area contributed by atoms with Crippen molar-refractivity contribution in [2.45, 2.75) is 18.9 Å². The van der Waals surface area contributed by atoms with E-state index in [9.17, 15) is 14.0 Å². The number of halogens is 1. The monoisotopic (exact) mass is 448 g/mol. The van der Waals surface area contributed by atoms with Gasteiger partial charge in [0, 0.05) is 29.2 Å². The Morgan fingerprint density at radius 2 is 2.00 bits per heavy atom. The van der Waals surface area contributed by atoms with Gasteiger partial charge < -0.3 is 27.1 Å². The molecule has 0 saturated carbocycles. The maximum atomic E-state index is 14.7. The molecule has 4 aromatic rings. The van der Waals surface area contributed by atoms with Gasteiger partial charge in [-0.25, -0.2) is 14.4 Å². The van der Waals surface area contributed by atoms with Gasteiger partial charge >= 0.3 is 0 Å². The molecule has 1 atom stereocenters. The molecule has 33 heavy (non-hydrogen) atoms. The normalized spacial score (nSPS) is 11.8. The van der Waals surface area contributed by atoms with E-state index in [1.807, 2.05) is 12.1 Å². The van der Waals surface area contributed by atoms with Gasteiger partial charge in [0.15, 0.2) is 11.6 Å². The smallest absolute Gasteiger partial charge is 0.252 e. The molecule has 0 aliphatic rings. The number of primary amides is 2. The molecule has 4 rings (SSSR count). The molecular weight excluding hydrogens is 427 g/mol. The van der Waals surface area contributed by atoms with Crippen LogP contribution in [0.15, 0.2) is 55.1 Å². The minimum atomic E-state index is -0.908. The van der Waals surface area contributed by atoms with E-state index in [0.717, 1.165) is 22.7 Å². The number of carbonyl (C=O) groups excluding carboxylic acids is 2. The van der Waals surface area contributed by atoms with Gasteiger partial charge in [-0.15, -0.1) is 0 Å². The van der Waals surface area contributed by atoms with Crippen molar-refractivity contribution in [1.82, 2.24) is 19.9 Å². The van der Waals surface area contributed by atoms with Crippen LogP contribution in [0, 0.1) is 5.82 Å². The second-order valence-electron chi connectivity index (χ2n) is 7.33. The summed E-state index contributed by atoms with van der Waals surface area (Å²) in [5.41, 5.74) is 13.0. The number of imidazole rings is 1. The lowest BCUT2D eigenvalue weighted by molar-refractivity contribution is -0.118. The minimum absolute atomic E-state index is 0.0337. The molecule has 168 valence electrons. The van der Waals surface area contributed by atoms with Gasteiger partial charge in [-0.1, -0.05) is 6.07 Å². The third kappa shape index (κ3) is 5.03. The average Bonchev–Trinajstić information content (AvgIpc) is 3.31. The molecule has 1 aromatic carbocycles. The first-order chi connectivity index (χ1) is 15.9. The van der Waals surface area contributed by atoms with E-state index < -0.39 is 23.7 Å². The summed E-state index contributed by atoms with van der Waals surface area (Å²) in [6.45, 7) is 0. The number of aromatic amines is 1. The Labute approximate surface area is 187 Å². The van der Waals surface area contributed by atoms with Crippen molar-refractivity contribution in [3.8, 4) is 0 Å². The number of anilines is 3. The van der Waals surface area contributed by atoms with E-state index in [1.54, 1.807) is 30.6 Å². The molecule has 11 heteroatoms. The van der Waals surface area contributed by atoms with E-state index in [-0.39, 0.29) is 23.6 Å². The van der Waals surface area contributed by atoms with Crippen molar-refractivity contribution in [3.63, 3.8) is 0 Å². The van der Waals surface area contributed by atoms with Gasteiger partial charge in [0.05, 0.1) is 17.4 Å². The summed E-state index contributed by atoms with van der Waals surface area (Å²) >= 11 is 0. The quantitative estimate of drug-likeness (QED) is 0.262. The van der Waals surface area contributed by atoms with E-state index in [2.05, 4.69) is 30.6 Å². The fraction of sp³-hybridized carbons (Fsp3) is 0.136. The molecule has 0 fully saturated rings. The lowest BCUT2D eigenvalue weighted by atomic mass is 10.1. The number of fused-ring (bicyclic) bond motifs is 1. The summed E-state index contributed by atoms with van der Waals surface area (Å²) in [6, 6.07) is 9.08.